The Bertz CT molecular complexity index is 797. The van der Waals surface area contributed by atoms with Crippen LogP contribution in [0.2, 0.25) is 0 Å². The minimum Gasteiger partial charge on any atom is -0.384 e. The van der Waals surface area contributed by atoms with Gasteiger partial charge in [0.05, 0.1) is 11.0 Å². The van der Waals surface area contributed by atoms with Crippen molar-refractivity contribution >= 4 is 41.7 Å². The number of pyridine rings is 1. The molecule has 0 spiro atoms. The lowest BCUT2D eigenvalue weighted by Gasteiger charge is -1.98. The maximum Gasteiger partial charge on any atom is 0.157 e. The second-order valence-corrected chi connectivity index (χ2v) is 4.60. The highest BCUT2D eigenvalue weighted by Gasteiger charge is 2.08. The van der Waals surface area contributed by atoms with Crippen molar-refractivity contribution in [1.29, 1.82) is 5.41 Å². The van der Waals surface area contributed by atoms with E-state index in [4.69, 9.17) is 11.1 Å². The molecule has 0 aliphatic rings. The molecular formula is C15H17Cl2N5. The number of fused-ring (bicyclic) bond motifs is 1. The first kappa shape index (κ1) is 17.9. The molecule has 0 unspecified atom stereocenters. The van der Waals surface area contributed by atoms with Crippen LogP contribution >= 0.6 is 24.8 Å². The Kier molecular flexibility index (Phi) is 5.91. The molecule has 0 bridgehead atoms. The van der Waals surface area contributed by atoms with Gasteiger partial charge in [0.1, 0.15) is 11.5 Å². The van der Waals surface area contributed by atoms with Crippen molar-refractivity contribution in [1.82, 2.24) is 15.0 Å². The molecule has 0 saturated carbocycles. The summed E-state index contributed by atoms with van der Waals surface area (Å²) in [7, 11) is 0. The van der Waals surface area contributed by atoms with Crippen LogP contribution in [0.3, 0.4) is 0 Å². The van der Waals surface area contributed by atoms with E-state index in [2.05, 4.69) is 21.9 Å². The molecule has 0 aliphatic carbocycles. The van der Waals surface area contributed by atoms with E-state index in [-0.39, 0.29) is 30.6 Å². The van der Waals surface area contributed by atoms with Gasteiger partial charge in [-0.05, 0) is 36.8 Å². The van der Waals surface area contributed by atoms with Crippen LogP contribution in [0.5, 0.6) is 0 Å². The molecule has 0 atom stereocenters. The number of rotatable bonds is 3. The van der Waals surface area contributed by atoms with Crippen molar-refractivity contribution in [2.24, 2.45) is 5.73 Å². The van der Waals surface area contributed by atoms with E-state index in [1.54, 1.807) is 6.07 Å². The Morgan fingerprint density at radius 3 is 2.64 bits per heavy atom. The number of benzene rings is 1. The maximum absolute atomic E-state index is 7.46. The number of nitrogens with one attached hydrogen (secondary N) is 2. The monoisotopic (exact) mass is 337 g/mol. The predicted octanol–water partition coefficient (Wildman–Crippen LogP) is 3.31. The summed E-state index contributed by atoms with van der Waals surface area (Å²) in [5, 5.41) is 7.46. The molecular weight excluding hydrogens is 321 g/mol. The van der Waals surface area contributed by atoms with Crippen LogP contribution in [0.25, 0.3) is 22.6 Å². The number of hydrogen-bond donors (Lipinski definition) is 3. The zero-order valence-electron chi connectivity index (χ0n) is 12.0. The number of aromatic amines is 1. The van der Waals surface area contributed by atoms with E-state index in [1.807, 2.05) is 30.3 Å². The largest absolute Gasteiger partial charge is 0.384 e. The van der Waals surface area contributed by atoms with E-state index in [1.165, 1.54) is 0 Å². The molecule has 0 fully saturated rings. The van der Waals surface area contributed by atoms with Crippen LogP contribution in [-0.2, 0) is 6.42 Å². The van der Waals surface area contributed by atoms with Crippen LogP contribution < -0.4 is 5.73 Å². The zero-order chi connectivity index (χ0) is 14.1. The van der Waals surface area contributed by atoms with Crippen molar-refractivity contribution in [3.63, 3.8) is 0 Å². The predicted molar refractivity (Wildman–Crippen MR) is 94.2 cm³/mol. The minimum absolute atomic E-state index is 0. The van der Waals surface area contributed by atoms with Gasteiger partial charge in [-0.25, -0.2) is 9.97 Å². The highest BCUT2D eigenvalue weighted by Crippen LogP contribution is 2.20. The molecule has 22 heavy (non-hydrogen) atoms. The molecule has 3 aromatic rings. The van der Waals surface area contributed by atoms with Gasteiger partial charge in [0, 0.05) is 11.3 Å². The number of aromatic nitrogens is 3. The van der Waals surface area contributed by atoms with Crippen LogP contribution in [0.15, 0.2) is 36.4 Å². The molecule has 0 aliphatic heterocycles. The van der Waals surface area contributed by atoms with Crippen LogP contribution in [-0.4, -0.2) is 20.8 Å². The summed E-state index contributed by atoms with van der Waals surface area (Å²) in [6.45, 7) is 2.07. The summed E-state index contributed by atoms with van der Waals surface area (Å²) in [6.07, 6.45) is 0.891. The van der Waals surface area contributed by atoms with Gasteiger partial charge < -0.3 is 10.7 Å². The van der Waals surface area contributed by atoms with Crippen molar-refractivity contribution in [3.05, 3.63) is 47.7 Å². The second-order valence-electron chi connectivity index (χ2n) is 4.60. The number of nitrogens with zero attached hydrogens (tertiary/aromatic N) is 2. The van der Waals surface area contributed by atoms with Crippen molar-refractivity contribution < 1.29 is 0 Å². The Labute approximate surface area is 140 Å². The Hall–Kier alpha value is -2.11. The number of imidazole rings is 1. The maximum atomic E-state index is 7.46. The van der Waals surface area contributed by atoms with Gasteiger partial charge >= 0.3 is 0 Å². The van der Waals surface area contributed by atoms with Gasteiger partial charge in [0.2, 0.25) is 0 Å². The summed E-state index contributed by atoms with van der Waals surface area (Å²) < 4.78 is 0. The second kappa shape index (κ2) is 7.24. The fourth-order valence-electron chi connectivity index (χ4n) is 2.10. The van der Waals surface area contributed by atoms with Gasteiger partial charge in [0.25, 0.3) is 0 Å². The number of hydrogen-bond acceptors (Lipinski definition) is 3. The Morgan fingerprint density at radius 1 is 1.18 bits per heavy atom. The van der Waals surface area contributed by atoms with Crippen LogP contribution in [0, 0.1) is 5.41 Å². The average molecular weight is 338 g/mol. The summed E-state index contributed by atoms with van der Waals surface area (Å²) >= 11 is 0. The van der Waals surface area contributed by atoms with Crippen molar-refractivity contribution in [3.8, 4) is 11.5 Å². The highest BCUT2D eigenvalue weighted by molar-refractivity contribution is 5.98. The molecule has 1 aromatic carbocycles. The third-order valence-electron chi connectivity index (χ3n) is 3.21. The lowest BCUT2D eigenvalue weighted by atomic mass is 10.2. The van der Waals surface area contributed by atoms with Gasteiger partial charge in [-0.3, -0.25) is 5.41 Å². The average Bonchev–Trinajstić information content (AvgIpc) is 2.90. The normalized spacial score (nSPS) is 9.86. The van der Waals surface area contributed by atoms with Gasteiger partial charge in [-0.15, -0.1) is 24.8 Å². The molecule has 4 N–H and O–H groups in total. The van der Waals surface area contributed by atoms with E-state index >= 15 is 0 Å². The molecule has 2 aromatic heterocycles. The molecule has 2 heterocycles. The molecule has 0 saturated heterocycles. The third kappa shape index (κ3) is 3.37. The van der Waals surface area contributed by atoms with E-state index in [0.717, 1.165) is 34.7 Å². The van der Waals surface area contributed by atoms with Gasteiger partial charge in [-0.1, -0.05) is 13.0 Å². The zero-order valence-corrected chi connectivity index (χ0v) is 13.6. The number of amidine groups is 1. The van der Waals surface area contributed by atoms with E-state index in [0.29, 0.717) is 5.56 Å². The van der Waals surface area contributed by atoms with Crippen molar-refractivity contribution in [2.75, 3.05) is 0 Å². The van der Waals surface area contributed by atoms with Crippen LogP contribution in [0.4, 0.5) is 0 Å². The van der Waals surface area contributed by atoms with E-state index in [9.17, 15) is 0 Å². The quantitative estimate of drug-likeness (QED) is 0.505. The molecule has 7 heteroatoms. The first-order valence-corrected chi connectivity index (χ1v) is 6.48. The van der Waals surface area contributed by atoms with Crippen LogP contribution in [0.1, 0.15) is 18.2 Å². The SMILES string of the molecule is CCc1cccc(-c2nc3cc(C(=N)N)ccc3[nH]2)n1.Cl.Cl. The Morgan fingerprint density at radius 2 is 1.95 bits per heavy atom. The summed E-state index contributed by atoms with van der Waals surface area (Å²) in [6, 6.07) is 11.4. The number of halogens is 2. The first-order valence-electron chi connectivity index (χ1n) is 6.48. The topological polar surface area (TPSA) is 91.4 Å². The summed E-state index contributed by atoms with van der Waals surface area (Å²) in [4.78, 5) is 12.3. The lowest BCUT2D eigenvalue weighted by molar-refractivity contribution is 1.03. The Balaban J connectivity index is 0.00000121. The summed E-state index contributed by atoms with van der Waals surface area (Å²) in [5.74, 6) is 0.776. The van der Waals surface area contributed by atoms with Gasteiger partial charge in [-0.2, -0.15) is 0 Å². The molecule has 116 valence electrons. The van der Waals surface area contributed by atoms with E-state index < -0.39 is 0 Å². The first-order chi connectivity index (χ1) is 9.67. The van der Waals surface area contributed by atoms with Crippen molar-refractivity contribution in [2.45, 2.75) is 13.3 Å². The fraction of sp³-hybridized carbons (Fsp3) is 0.133. The van der Waals surface area contributed by atoms with Gasteiger partial charge in [0.15, 0.2) is 5.82 Å². The lowest BCUT2D eigenvalue weighted by Crippen LogP contribution is -2.10. The fourth-order valence-corrected chi connectivity index (χ4v) is 2.10. The number of H-pyrrole nitrogens is 1. The molecule has 0 radical (unpaired) electrons. The molecule has 3 rings (SSSR count). The molecule has 5 nitrogen and oxygen atoms in total. The number of nitrogens with two attached hydrogens (primary N) is 1. The number of aryl methyl sites for hydroxylation is 1. The standard InChI is InChI=1S/C15H15N5.2ClH/c1-2-10-4-3-5-12(18-10)15-19-11-7-6-9(14(16)17)8-13(11)20-15;;/h3-8H,2H2,1H3,(H3,16,17)(H,19,20);2*1H. The third-order valence-corrected chi connectivity index (χ3v) is 3.21. The summed E-state index contributed by atoms with van der Waals surface area (Å²) in [5.41, 5.74) is 9.72. The molecule has 0 amide bonds. The smallest absolute Gasteiger partial charge is 0.157 e. The minimum atomic E-state index is 0. The number of nitrogen functional groups attached to an aromatic ring is 1. The highest BCUT2D eigenvalue weighted by atomic mass is 35.5.